The topological polar surface area (TPSA) is 64.0 Å². The molecular weight excluding hydrogens is 246 g/mol. The van der Waals surface area contributed by atoms with Crippen LogP contribution in [0.4, 0.5) is 0 Å². The predicted molar refractivity (Wildman–Crippen MR) is 65.9 cm³/mol. The van der Waals surface area contributed by atoms with Gasteiger partial charge in [-0.1, -0.05) is 0 Å². The Balaban J connectivity index is 1.97. The smallest absolute Gasteiger partial charge is 0.184 e. The number of rotatable bonds is 4. The number of nitrogens with zero attached hydrogens (tertiary/aromatic N) is 1. The van der Waals surface area contributed by atoms with Crippen LogP contribution in [-0.4, -0.2) is 39.1 Å². The summed E-state index contributed by atoms with van der Waals surface area (Å²) in [4.78, 5) is 0. The Morgan fingerprint density at radius 2 is 2.05 bits per heavy atom. The van der Waals surface area contributed by atoms with E-state index in [0.29, 0.717) is 18.8 Å². The molecule has 0 aromatic heterocycles. The molecule has 2 heterocycles. The summed E-state index contributed by atoms with van der Waals surface area (Å²) in [5.74, 6) is 0.742. The van der Waals surface area contributed by atoms with E-state index in [9.17, 15) is 0 Å². The quantitative estimate of drug-likeness (QED) is 0.767. The molecule has 0 bridgehead atoms. The van der Waals surface area contributed by atoms with E-state index in [1.54, 1.807) is 20.3 Å². The van der Waals surface area contributed by atoms with Crippen molar-refractivity contribution in [3.8, 4) is 11.8 Å². The second-order valence-electron chi connectivity index (χ2n) is 4.87. The zero-order valence-electron chi connectivity index (χ0n) is 10.9. The van der Waals surface area contributed by atoms with Crippen LogP contribution in [0.15, 0.2) is 18.2 Å². The molecule has 1 aromatic carbocycles. The monoisotopic (exact) mass is 261 g/mol. The van der Waals surface area contributed by atoms with Crippen molar-refractivity contribution >= 4 is 0 Å². The average molecular weight is 261 g/mol. The van der Waals surface area contributed by atoms with Crippen molar-refractivity contribution in [2.24, 2.45) is 0 Å². The van der Waals surface area contributed by atoms with Crippen LogP contribution in [0.2, 0.25) is 0 Å². The number of fused-ring (bicyclic) bond motifs is 3. The maximum Gasteiger partial charge on any atom is 0.184 e. The van der Waals surface area contributed by atoms with E-state index < -0.39 is 5.60 Å². The third-order valence-electron chi connectivity index (χ3n) is 3.55. The van der Waals surface area contributed by atoms with Gasteiger partial charge >= 0.3 is 0 Å². The van der Waals surface area contributed by atoms with Crippen LogP contribution in [-0.2, 0) is 14.2 Å². The molecule has 5 heteroatoms. The lowest BCUT2D eigenvalue weighted by Gasteiger charge is -2.35. The zero-order valence-corrected chi connectivity index (χ0v) is 10.9. The van der Waals surface area contributed by atoms with Crippen molar-refractivity contribution < 1.29 is 18.9 Å². The van der Waals surface area contributed by atoms with Crippen LogP contribution >= 0.6 is 0 Å². The van der Waals surface area contributed by atoms with E-state index in [1.165, 1.54) is 0 Å². The van der Waals surface area contributed by atoms with E-state index in [1.807, 2.05) is 12.1 Å². The van der Waals surface area contributed by atoms with E-state index in [2.05, 4.69) is 6.07 Å². The summed E-state index contributed by atoms with van der Waals surface area (Å²) in [6, 6.07) is 7.50. The summed E-state index contributed by atoms with van der Waals surface area (Å²) in [5.41, 5.74) is 0.949. The molecule has 0 aliphatic carbocycles. The van der Waals surface area contributed by atoms with Gasteiger partial charge in [0.25, 0.3) is 0 Å². The van der Waals surface area contributed by atoms with Gasteiger partial charge in [0, 0.05) is 19.8 Å². The first kappa shape index (κ1) is 12.4. The fourth-order valence-corrected chi connectivity index (χ4v) is 2.71. The van der Waals surface area contributed by atoms with Gasteiger partial charge in [-0.2, -0.15) is 5.26 Å². The van der Waals surface area contributed by atoms with Crippen LogP contribution in [0.25, 0.3) is 0 Å². The highest BCUT2D eigenvalue weighted by Gasteiger charge is 2.61. The van der Waals surface area contributed by atoms with Crippen molar-refractivity contribution in [2.75, 3.05) is 27.4 Å². The Kier molecular flexibility index (Phi) is 2.94. The highest BCUT2D eigenvalue weighted by molar-refractivity contribution is 5.48. The van der Waals surface area contributed by atoms with E-state index in [-0.39, 0.29) is 12.2 Å². The normalized spacial score (nSPS) is 25.7. The number of ether oxygens (including phenoxy) is 4. The SMILES string of the molecule is COCC1(COC)Oc2ccc(C#N)cc2[C@H]2O[C@H]21. The summed E-state index contributed by atoms with van der Waals surface area (Å²) < 4.78 is 22.3. The third kappa shape index (κ3) is 1.89. The predicted octanol–water partition coefficient (Wildman–Crippen LogP) is 1.42. The highest BCUT2D eigenvalue weighted by atomic mass is 16.7. The number of hydrogen-bond donors (Lipinski definition) is 0. The lowest BCUT2D eigenvalue weighted by Crippen LogP contribution is -2.52. The van der Waals surface area contributed by atoms with Gasteiger partial charge in [0.2, 0.25) is 0 Å². The fourth-order valence-electron chi connectivity index (χ4n) is 2.71. The van der Waals surface area contributed by atoms with E-state index >= 15 is 0 Å². The Hall–Kier alpha value is -1.61. The molecule has 100 valence electrons. The van der Waals surface area contributed by atoms with Crippen molar-refractivity contribution in [3.05, 3.63) is 29.3 Å². The molecule has 0 saturated carbocycles. The van der Waals surface area contributed by atoms with Gasteiger partial charge in [0.05, 0.1) is 24.8 Å². The Morgan fingerprint density at radius 1 is 1.32 bits per heavy atom. The molecule has 2 aliphatic rings. The molecule has 5 nitrogen and oxygen atoms in total. The summed E-state index contributed by atoms with van der Waals surface area (Å²) in [6.45, 7) is 0.808. The fraction of sp³-hybridized carbons (Fsp3) is 0.500. The van der Waals surface area contributed by atoms with Crippen LogP contribution in [0.5, 0.6) is 5.75 Å². The van der Waals surface area contributed by atoms with Gasteiger partial charge in [0.15, 0.2) is 5.60 Å². The molecular formula is C14H15NO4. The Bertz CT molecular complexity index is 531. The molecule has 1 saturated heterocycles. The first-order valence-corrected chi connectivity index (χ1v) is 6.10. The molecule has 1 aromatic rings. The number of methoxy groups -OCH3 is 2. The molecule has 0 radical (unpaired) electrons. The molecule has 2 aliphatic heterocycles. The van der Waals surface area contributed by atoms with Gasteiger partial charge in [0.1, 0.15) is 18.0 Å². The minimum absolute atomic E-state index is 0.0256. The lowest BCUT2D eigenvalue weighted by atomic mass is 9.91. The molecule has 19 heavy (non-hydrogen) atoms. The molecule has 2 atom stereocenters. The summed E-state index contributed by atoms with van der Waals surface area (Å²) in [6.07, 6.45) is -0.101. The van der Waals surface area contributed by atoms with Crippen molar-refractivity contribution in [1.82, 2.24) is 0 Å². The second-order valence-corrected chi connectivity index (χ2v) is 4.87. The second kappa shape index (κ2) is 4.49. The maximum atomic E-state index is 8.94. The highest BCUT2D eigenvalue weighted by Crippen LogP contribution is 2.54. The van der Waals surface area contributed by atoms with Gasteiger partial charge in [-0.25, -0.2) is 0 Å². The molecule has 1 fully saturated rings. The van der Waals surface area contributed by atoms with E-state index in [4.69, 9.17) is 24.2 Å². The third-order valence-corrected chi connectivity index (χ3v) is 3.55. The van der Waals surface area contributed by atoms with Gasteiger partial charge in [-0.05, 0) is 18.2 Å². The average Bonchev–Trinajstić information content (AvgIpc) is 3.20. The lowest BCUT2D eigenvalue weighted by molar-refractivity contribution is -0.0759. The number of benzene rings is 1. The number of epoxide rings is 1. The minimum Gasteiger partial charge on any atom is -0.479 e. The molecule has 0 spiro atoms. The maximum absolute atomic E-state index is 8.94. The summed E-state index contributed by atoms with van der Waals surface area (Å²) in [7, 11) is 3.26. The van der Waals surface area contributed by atoms with Crippen LogP contribution < -0.4 is 4.74 Å². The van der Waals surface area contributed by atoms with Crippen LogP contribution in [0.1, 0.15) is 17.2 Å². The van der Waals surface area contributed by atoms with Crippen LogP contribution in [0.3, 0.4) is 0 Å². The van der Waals surface area contributed by atoms with Crippen molar-refractivity contribution in [1.29, 1.82) is 5.26 Å². The standard InChI is InChI=1S/C14H15NO4/c1-16-7-14(8-17-2)13-12(18-13)10-5-9(6-15)3-4-11(10)19-14/h3-5,12-13H,7-8H2,1-2H3/t12-,13-/m1/s1. The molecule has 3 rings (SSSR count). The number of hydrogen-bond acceptors (Lipinski definition) is 5. The van der Waals surface area contributed by atoms with E-state index in [0.717, 1.165) is 11.3 Å². The van der Waals surface area contributed by atoms with Crippen LogP contribution in [0, 0.1) is 11.3 Å². The van der Waals surface area contributed by atoms with Gasteiger partial charge < -0.3 is 18.9 Å². The Morgan fingerprint density at radius 3 is 2.68 bits per heavy atom. The largest absolute Gasteiger partial charge is 0.479 e. The van der Waals surface area contributed by atoms with Crippen molar-refractivity contribution in [2.45, 2.75) is 17.8 Å². The zero-order chi connectivity index (χ0) is 13.5. The molecule has 0 unspecified atom stereocenters. The molecule has 0 N–H and O–H groups in total. The first-order chi connectivity index (χ1) is 9.24. The van der Waals surface area contributed by atoms with Crippen molar-refractivity contribution in [3.63, 3.8) is 0 Å². The van der Waals surface area contributed by atoms with Gasteiger partial charge in [-0.15, -0.1) is 0 Å². The number of nitriles is 1. The Labute approximate surface area is 111 Å². The first-order valence-electron chi connectivity index (χ1n) is 6.10. The summed E-state index contributed by atoms with van der Waals surface area (Å²) >= 11 is 0. The molecule has 0 amide bonds. The minimum atomic E-state index is -0.602. The summed E-state index contributed by atoms with van der Waals surface area (Å²) in [5, 5.41) is 8.94. The van der Waals surface area contributed by atoms with Gasteiger partial charge in [-0.3, -0.25) is 0 Å².